The van der Waals surface area contributed by atoms with Crippen molar-refractivity contribution in [1.29, 1.82) is 0 Å². The van der Waals surface area contributed by atoms with Gasteiger partial charge in [0.1, 0.15) is 18.2 Å². The van der Waals surface area contributed by atoms with E-state index in [2.05, 4.69) is 10.0 Å². The van der Waals surface area contributed by atoms with Gasteiger partial charge in [-0.1, -0.05) is 36.4 Å². The molecule has 3 aromatic carbocycles. The van der Waals surface area contributed by atoms with Gasteiger partial charge in [-0.2, -0.15) is 0 Å². The van der Waals surface area contributed by atoms with Crippen molar-refractivity contribution in [3.05, 3.63) is 89.7 Å². The second-order valence-electron chi connectivity index (χ2n) is 6.28. The molecule has 0 aliphatic heterocycles. The highest BCUT2D eigenvalue weighted by Crippen LogP contribution is 2.22. The molecule has 0 saturated heterocycles. The van der Waals surface area contributed by atoms with Crippen molar-refractivity contribution in [3.8, 4) is 5.75 Å². The predicted molar refractivity (Wildman–Crippen MR) is 110 cm³/mol. The molecular weight excluding hydrogens is 395 g/mol. The number of sulfonamides is 1. The van der Waals surface area contributed by atoms with E-state index in [4.69, 9.17) is 4.74 Å². The Kier molecular flexibility index (Phi) is 6.13. The van der Waals surface area contributed by atoms with E-state index in [1.165, 1.54) is 12.1 Å². The highest BCUT2D eigenvalue weighted by Gasteiger charge is 2.14. The molecule has 150 valence electrons. The molecule has 3 aromatic rings. The second-order valence-corrected chi connectivity index (χ2v) is 8.03. The normalized spacial score (nSPS) is 11.0. The van der Waals surface area contributed by atoms with Crippen LogP contribution in [0.5, 0.6) is 5.75 Å². The van der Waals surface area contributed by atoms with Crippen LogP contribution >= 0.6 is 0 Å². The Morgan fingerprint density at radius 1 is 1.00 bits per heavy atom. The van der Waals surface area contributed by atoms with Crippen molar-refractivity contribution in [2.45, 2.75) is 6.61 Å². The van der Waals surface area contributed by atoms with E-state index < -0.39 is 21.7 Å². The lowest BCUT2D eigenvalue weighted by Gasteiger charge is -2.13. The summed E-state index contributed by atoms with van der Waals surface area (Å²) >= 11 is 0. The minimum absolute atomic E-state index is 0.192. The molecule has 0 radical (unpaired) electrons. The Balaban J connectivity index is 1.77. The predicted octanol–water partition coefficient (Wildman–Crippen LogP) is 4.03. The smallest absolute Gasteiger partial charge is 0.256 e. The Morgan fingerprint density at radius 2 is 1.69 bits per heavy atom. The molecule has 2 N–H and O–H groups in total. The van der Waals surface area contributed by atoms with Crippen LogP contribution in [0.2, 0.25) is 0 Å². The first-order valence-corrected chi connectivity index (χ1v) is 10.6. The summed E-state index contributed by atoms with van der Waals surface area (Å²) in [6.45, 7) is 0.192. The molecule has 0 unspecified atom stereocenters. The van der Waals surface area contributed by atoms with Gasteiger partial charge in [0.15, 0.2) is 0 Å². The summed E-state index contributed by atoms with van der Waals surface area (Å²) in [5.41, 5.74) is 1.07. The topological polar surface area (TPSA) is 84.5 Å². The fourth-order valence-corrected chi connectivity index (χ4v) is 3.18. The maximum atomic E-state index is 13.8. The van der Waals surface area contributed by atoms with Gasteiger partial charge < -0.3 is 10.1 Å². The van der Waals surface area contributed by atoms with E-state index in [9.17, 15) is 17.6 Å². The molecule has 0 aromatic heterocycles. The number of hydrogen-bond acceptors (Lipinski definition) is 4. The Hall–Kier alpha value is -3.39. The van der Waals surface area contributed by atoms with E-state index in [1.807, 2.05) is 30.3 Å². The minimum atomic E-state index is -3.66. The molecule has 3 rings (SSSR count). The Morgan fingerprint density at radius 3 is 2.41 bits per heavy atom. The number of halogens is 1. The van der Waals surface area contributed by atoms with Gasteiger partial charge in [0.2, 0.25) is 10.0 Å². The number of amides is 1. The number of carbonyl (C=O) groups excluding carboxylic acids is 1. The molecule has 0 fully saturated rings. The minimum Gasteiger partial charge on any atom is -0.489 e. The van der Waals surface area contributed by atoms with Crippen molar-refractivity contribution in [2.75, 3.05) is 16.3 Å². The maximum absolute atomic E-state index is 13.8. The quantitative estimate of drug-likeness (QED) is 0.611. The molecule has 6 nitrogen and oxygen atoms in total. The van der Waals surface area contributed by atoms with Crippen LogP contribution in [0.1, 0.15) is 15.9 Å². The largest absolute Gasteiger partial charge is 0.489 e. The van der Waals surface area contributed by atoms with Gasteiger partial charge in [0, 0.05) is 16.8 Å². The summed E-state index contributed by atoms with van der Waals surface area (Å²) in [5.74, 6) is -0.489. The van der Waals surface area contributed by atoms with Crippen molar-refractivity contribution in [1.82, 2.24) is 0 Å². The monoisotopic (exact) mass is 414 g/mol. The van der Waals surface area contributed by atoms with Crippen LogP contribution in [0.25, 0.3) is 0 Å². The van der Waals surface area contributed by atoms with E-state index in [1.54, 1.807) is 24.3 Å². The SMILES string of the molecule is CS(=O)(=O)Nc1cc(NC(=O)c2ccccc2COc2ccccc2)ccc1F. The fourth-order valence-electron chi connectivity index (χ4n) is 2.62. The molecule has 8 heteroatoms. The molecule has 0 saturated carbocycles. The average Bonchev–Trinajstić information content (AvgIpc) is 2.69. The zero-order valence-corrected chi connectivity index (χ0v) is 16.4. The van der Waals surface area contributed by atoms with Crippen LogP contribution in [0.4, 0.5) is 15.8 Å². The van der Waals surface area contributed by atoms with Gasteiger partial charge in [0.05, 0.1) is 11.9 Å². The molecular formula is C21H19FN2O4S. The molecule has 0 atom stereocenters. The third kappa shape index (κ3) is 5.79. The van der Waals surface area contributed by atoms with E-state index >= 15 is 0 Å². The third-order valence-corrected chi connectivity index (χ3v) is 4.51. The maximum Gasteiger partial charge on any atom is 0.256 e. The third-order valence-electron chi connectivity index (χ3n) is 3.92. The van der Waals surface area contributed by atoms with Crippen molar-refractivity contribution < 1.29 is 22.3 Å². The standard InChI is InChI=1S/C21H19FN2O4S/c1-29(26,27)24-20-13-16(11-12-19(20)22)23-21(25)18-10-6-5-7-15(18)14-28-17-8-3-2-4-9-17/h2-13,24H,14H2,1H3,(H,23,25). The van der Waals surface area contributed by atoms with Gasteiger partial charge in [-0.25, -0.2) is 12.8 Å². The number of benzene rings is 3. The lowest BCUT2D eigenvalue weighted by molar-refractivity contribution is 0.102. The zero-order chi connectivity index (χ0) is 20.9. The highest BCUT2D eigenvalue weighted by atomic mass is 32.2. The van der Waals surface area contributed by atoms with Crippen LogP contribution in [-0.2, 0) is 16.6 Å². The van der Waals surface area contributed by atoms with Gasteiger partial charge >= 0.3 is 0 Å². The van der Waals surface area contributed by atoms with Gasteiger partial charge in [-0.05, 0) is 36.4 Å². The lowest BCUT2D eigenvalue weighted by Crippen LogP contribution is -2.16. The van der Waals surface area contributed by atoms with E-state index in [0.717, 1.165) is 12.3 Å². The average molecular weight is 414 g/mol. The lowest BCUT2D eigenvalue weighted by atomic mass is 10.1. The molecule has 0 aliphatic carbocycles. The zero-order valence-electron chi connectivity index (χ0n) is 15.6. The van der Waals surface area contributed by atoms with Gasteiger partial charge in [-0.3, -0.25) is 9.52 Å². The summed E-state index contributed by atoms with van der Waals surface area (Å²) in [7, 11) is -3.66. The van der Waals surface area contributed by atoms with Crippen molar-refractivity contribution in [2.24, 2.45) is 0 Å². The Bertz CT molecular complexity index is 1120. The molecule has 1 amide bonds. The number of para-hydroxylation sites is 1. The number of hydrogen-bond donors (Lipinski definition) is 2. The molecule has 29 heavy (non-hydrogen) atoms. The van der Waals surface area contributed by atoms with Crippen LogP contribution in [-0.4, -0.2) is 20.6 Å². The van der Waals surface area contributed by atoms with E-state index in [-0.39, 0.29) is 18.0 Å². The van der Waals surface area contributed by atoms with Crippen LogP contribution in [0.15, 0.2) is 72.8 Å². The summed E-state index contributed by atoms with van der Waals surface area (Å²) in [4.78, 5) is 12.7. The fraction of sp³-hybridized carbons (Fsp3) is 0.0952. The van der Waals surface area contributed by atoms with Crippen LogP contribution in [0.3, 0.4) is 0 Å². The summed E-state index contributed by atoms with van der Waals surface area (Å²) < 4.78 is 44.3. The van der Waals surface area contributed by atoms with E-state index in [0.29, 0.717) is 16.9 Å². The van der Waals surface area contributed by atoms with Crippen molar-refractivity contribution in [3.63, 3.8) is 0 Å². The second kappa shape index (κ2) is 8.74. The Labute approximate surface area is 168 Å². The number of nitrogens with one attached hydrogen (secondary N) is 2. The first-order valence-electron chi connectivity index (χ1n) is 8.66. The number of rotatable bonds is 7. The first-order chi connectivity index (χ1) is 13.8. The summed E-state index contributed by atoms with van der Waals surface area (Å²) in [6.07, 6.45) is 0.917. The number of carbonyl (C=O) groups is 1. The summed E-state index contributed by atoms with van der Waals surface area (Å²) in [5, 5.41) is 2.65. The van der Waals surface area contributed by atoms with Crippen LogP contribution < -0.4 is 14.8 Å². The molecule has 0 aliphatic rings. The number of anilines is 2. The molecule has 0 bridgehead atoms. The van der Waals surface area contributed by atoms with Gasteiger partial charge in [0.25, 0.3) is 5.91 Å². The molecule has 0 spiro atoms. The first kappa shape index (κ1) is 20.3. The summed E-state index contributed by atoms with van der Waals surface area (Å²) in [6, 6.07) is 19.8. The number of ether oxygens (including phenoxy) is 1. The highest BCUT2D eigenvalue weighted by molar-refractivity contribution is 7.92. The van der Waals surface area contributed by atoms with Gasteiger partial charge in [-0.15, -0.1) is 0 Å². The van der Waals surface area contributed by atoms with Crippen LogP contribution in [0, 0.1) is 5.82 Å². The molecule has 0 heterocycles. The van der Waals surface area contributed by atoms with Crippen molar-refractivity contribution >= 4 is 27.3 Å².